The minimum Gasteiger partial charge on any atom is -0.361 e. The van der Waals surface area contributed by atoms with E-state index in [0.29, 0.717) is 18.9 Å². The minimum atomic E-state index is 0.123. The van der Waals surface area contributed by atoms with Crippen molar-refractivity contribution in [2.75, 3.05) is 20.1 Å². The zero-order valence-corrected chi connectivity index (χ0v) is 12.7. The summed E-state index contributed by atoms with van der Waals surface area (Å²) in [6.45, 7) is 6.60. The molecule has 1 unspecified atom stereocenters. The largest absolute Gasteiger partial charge is 0.361 e. The molecule has 0 aliphatic carbocycles. The third-order valence-corrected chi connectivity index (χ3v) is 4.15. The predicted molar refractivity (Wildman–Crippen MR) is 77.3 cm³/mol. The van der Waals surface area contributed by atoms with Crippen LogP contribution in [0.4, 0.5) is 0 Å². The van der Waals surface area contributed by atoms with E-state index in [4.69, 9.17) is 4.52 Å². The second kappa shape index (κ2) is 6.88. The molecule has 2 rings (SSSR count). The Bertz CT molecular complexity index is 436. The SMILES string of the molecule is Cc1noc(C)c1CNC(=O)CCC1CCCN(C)C1. The van der Waals surface area contributed by atoms with Crippen molar-refractivity contribution in [3.63, 3.8) is 0 Å². The lowest BCUT2D eigenvalue weighted by atomic mass is 9.93. The Morgan fingerprint density at radius 3 is 2.95 bits per heavy atom. The molecular weight excluding hydrogens is 254 g/mol. The van der Waals surface area contributed by atoms with Crippen molar-refractivity contribution in [2.45, 2.75) is 46.1 Å². The molecule has 1 aromatic rings. The molecule has 1 N–H and O–H groups in total. The molecular formula is C15H25N3O2. The summed E-state index contributed by atoms with van der Waals surface area (Å²) in [6, 6.07) is 0. The van der Waals surface area contributed by atoms with Crippen molar-refractivity contribution in [1.29, 1.82) is 0 Å². The van der Waals surface area contributed by atoms with Crippen LogP contribution in [0.2, 0.25) is 0 Å². The Morgan fingerprint density at radius 2 is 2.30 bits per heavy atom. The van der Waals surface area contributed by atoms with E-state index in [9.17, 15) is 4.79 Å². The maximum Gasteiger partial charge on any atom is 0.220 e. The van der Waals surface area contributed by atoms with Crippen LogP contribution in [0.3, 0.4) is 0 Å². The van der Waals surface area contributed by atoms with Gasteiger partial charge in [-0.3, -0.25) is 4.79 Å². The number of aryl methyl sites for hydroxylation is 2. The molecule has 1 saturated heterocycles. The Labute approximate surface area is 120 Å². The molecule has 20 heavy (non-hydrogen) atoms. The minimum absolute atomic E-state index is 0.123. The van der Waals surface area contributed by atoms with Gasteiger partial charge in [-0.1, -0.05) is 5.16 Å². The number of carbonyl (C=O) groups excluding carboxylic acids is 1. The van der Waals surface area contributed by atoms with Gasteiger partial charge in [0, 0.05) is 25.1 Å². The highest BCUT2D eigenvalue weighted by molar-refractivity contribution is 5.75. The number of likely N-dealkylation sites (tertiary alicyclic amines) is 1. The standard InChI is InChI=1S/C15H25N3O2/c1-11-14(12(2)20-17-11)9-16-15(19)7-6-13-5-4-8-18(3)10-13/h13H,4-10H2,1-3H3,(H,16,19). The third kappa shape index (κ3) is 4.07. The maximum atomic E-state index is 11.9. The van der Waals surface area contributed by atoms with Gasteiger partial charge in [-0.05, 0) is 52.6 Å². The Balaban J connectivity index is 1.70. The predicted octanol–water partition coefficient (Wildman–Crippen LogP) is 2.03. The number of rotatable bonds is 5. The quantitative estimate of drug-likeness (QED) is 0.896. The number of amides is 1. The molecule has 1 aliphatic heterocycles. The van der Waals surface area contributed by atoms with Crippen molar-refractivity contribution in [3.8, 4) is 0 Å². The van der Waals surface area contributed by atoms with Crippen LogP contribution in [-0.4, -0.2) is 36.1 Å². The summed E-state index contributed by atoms with van der Waals surface area (Å²) in [5.41, 5.74) is 1.85. The fourth-order valence-electron chi connectivity index (χ4n) is 2.87. The first kappa shape index (κ1) is 15.0. The molecule has 0 radical (unpaired) electrons. The molecule has 0 bridgehead atoms. The Hall–Kier alpha value is -1.36. The molecule has 0 spiro atoms. The first-order valence-electron chi connectivity index (χ1n) is 7.43. The topological polar surface area (TPSA) is 58.4 Å². The van der Waals surface area contributed by atoms with Crippen LogP contribution in [0.15, 0.2) is 4.52 Å². The normalized spacial score (nSPS) is 20.1. The van der Waals surface area contributed by atoms with E-state index < -0.39 is 0 Å². The zero-order valence-electron chi connectivity index (χ0n) is 12.7. The van der Waals surface area contributed by atoms with E-state index in [-0.39, 0.29) is 5.91 Å². The van der Waals surface area contributed by atoms with Gasteiger partial charge < -0.3 is 14.7 Å². The average molecular weight is 279 g/mol. The van der Waals surface area contributed by atoms with Gasteiger partial charge in [0.05, 0.1) is 5.69 Å². The lowest BCUT2D eigenvalue weighted by molar-refractivity contribution is -0.121. The summed E-state index contributed by atoms with van der Waals surface area (Å²) in [4.78, 5) is 14.3. The first-order chi connectivity index (χ1) is 9.56. The molecule has 0 saturated carbocycles. The van der Waals surface area contributed by atoms with E-state index in [2.05, 4.69) is 22.4 Å². The van der Waals surface area contributed by atoms with Crippen LogP contribution in [0.1, 0.15) is 42.7 Å². The van der Waals surface area contributed by atoms with Gasteiger partial charge in [0.1, 0.15) is 5.76 Å². The Kier molecular flexibility index (Phi) is 5.17. The van der Waals surface area contributed by atoms with E-state index in [1.165, 1.54) is 19.4 Å². The highest BCUT2D eigenvalue weighted by Gasteiger charge is 2.18. The zero-order chi connectivity index (χ0) is 14.5. The van der Waals surface area contributed by atoms with Gasteiger partial charge in [-0.15, -0.1) is 0 Å². The van der Waals surface area contributed by atoms with Gasteiger partial charge in [-0.25, -0.2) is 0 Å². The van der Waals surface area contributed by atoms with Gasteiger partial charge in [0.2, 0.25) is 5.91 Å². The monoisotopic (exact) mass is 279 g/mol. The number of carbonyl (C=O) groups is 1. The molecule has 1 atom stereocenters. The van der Waals surface area contributed by atoms with E-state index in [0.717, 1.165) is 30.0 Å². The van der Waals surface area contributed by atoms with Crippen molar-refractivity contribution in [1.82, 2.24) is 15.4 Å². The maximum absolute atomic E-state index is 11.9. The number of hydrogen-bond acceptors (Lipinski definition) is 4. The van der Waals surface area contributed by atoms with Gasteiger partial charge in [0.15, 0.2) is 0 Å². The summed E-state index contributed by atoms with van der Waals surface area (Å²) >= 11 is 0. The number of piperidine rings is 1. The second-order valence-electron chi connectivity index (χ2n) is 5.89. The molecule has 2 heterocycles. The van der Waals surface area contributed by atoms with Crippen LogP contribution in [0, 0.1) is 19.8 Å². The number of hydrogen-bond donors (Lipinski definition) is 1. The van der Waals surface area contributed by atoms with Gasteiger partial charge in [0.25, 0.3) is 0 Å². The van der Waals surface area contributed by atoms with Crippen LogP contribution in [0.25, 0.3) is 0 Å². The number of nitrogens with zero attached hydrogens (tertiary/aromatic N) is 2. The molecule has 1 amide bonds. The summed E-state index contributed by atoms with van der Waals surface area (Å²) < 4.78 is 5.09. The van der Waals surface area contributed by atoms with Crippen molar-refractivity contribution in [2.24, 2.45) is 5.92 Å². The van der Waals surface area contributed by atoms with Crippen LogP contribution >= 0.6 is 0 Å². The summed E-state index contributed by atoms with van der Waals surface area (Å²) in [7, 11) is 2.16. The fourth-order valence-corrected chi connectivity index (χ4v) is 2.87. The lowest BCUT2D eigenvalue weighted by Gasteiger charge is -2.29. The van der Waals surface area contributed by atoms with Crippen molar-refractivity contribution in [3.05, 3.63) is 17.0 Å². The Morgan fingerprint density at radius 1 is 1.50 bits per heavy atom. The summed E-state index contributed by atoms with van der Waals surface area (Å²) in [6.07, 6.45) is 4.10. The fraction of sp³-hybridized carbons (Fsp3) is 0.733. The molecule has 1 aromatic heterocycles. The molecule has 5 nitrogen and oxygen atoms in total. The van der Waals surface area contributed by atoms with Crippen LogP contribution in [0.5, 0.6) is 0 Å². The molecule has 1 fully saturated rings. The second-order valence-corrected chi connectivity index (χ2v) is 5.89. The third-order valence-electron chi connectivity index (χ3n) is 4.15. The number of aromatic nitrogens is 1. The van der Waals surface area contributed by atoms with Crippen molar-refractivity contribution >= 4 is 5.91 Å². The highest BCUT2D eigenvalue weighted by atomic mass is 16.5. The smallest absolute Gasteiger partial charge is 0.220 e. The van der Waals surface area contributed by atoms with E-state index in [1.807, 2.05) is 13.8 Å². The van der Waals surface area contributed by atoms with E-state index >= 15 is 0 Å². The summed E-state index contributed by atoms with van der Waals surface area (Å²) in [5.74, 6) is 1.58. The first-order valence-corrected chi connectivity index (χ1v) is 7.43. The number of nitrogens with one attached hydrogen (secondary N) is 1. The van der Waals surface area contributed by atoms with Gasteiger partial charge in [-0.2, -0.15) is 0 Å². The van der Waals surface area contributed by atoms with Gasteiger partial charge >= 0.3 is 0 Å². The average Bonchev–Trinajstić information content (AvgIpc) is 2.74. The van der Waals surface area contributed by atoms with E-state index in [1.54, 1.807) is 0 Å². The molecule has 5 heteroatoms. The lowest BCUT2D eigenvalue weighted by Crippen LogP contribution is -2.33. The molecule has 1 aliphatic rings. The summed E-state index contributed by atoms with van der Waals surface area (Å²) in [5, 5.41) is 6.86. The van der Waals surface area contributed by atoms with Crippen LogP contribution in [-0.2, 0) is 11.3 Å². The highest BCUT2D eigenvalue weighted by Crippen LogP contribution is 2.19. The van der Waals surface area contributed by atoms with Crippen molar-refractivity contribution < 1.29 is 9.32 Å². The van der Waals surface area contributed by atoms with Crippen LogP contribution < -0.4 is 5.32 Å². The molecule has 112 valence electrons. The molecule has 0 aromatic carbocycles.